The van der Waals surface area contributed by atoms with Gasteiger partial charge in [0.05, 0.1) is 30.6 Å². The van der Waals surface area contributed by atoms with Gasteiger partial charge in [0.15, 0.2) is 0 Å². The minimum atomic E-state index is -0.286. The molecule has 30 heavy (non-hydrogen) atoms. The number of ether oxygens (including phenoxy) is 1. The highest BCUT2D eigenvalue weighted by molar-refractivity contribution is 7.09. The van der Waals surface area contributed by atoms with Crippen molar-refractivity contribution in [2.24, 2.45) is 0 Å². The zero-order valence-corrected chi connectivity index (χ0v) is 16.9. The van der Waals surface area contributed by atoms with Gasteiger partial charge in [0, 0.05) is 16.5 Å². The number of amides is 2. The molecule has 1 aromatic carbocycles. The van der Waals surface area contributed by atoms with Crippen molar-refractivity contribution >= 4 is 39.9 Å². The number of aromatic amines is 1. The summed E-state index contributed by atoms with van der Waals surface area (Å²) in [5.41, 5.74) is 2.56. The molecule has 4 rings (SSSR count). The van der Waals surface area contributed by atoms with E-state index in [0.717, 1.165) is 10.4 Å². The summed E-state index contributed by atoms with van der Waals surface area (Å²) in [6.07, 6.45) is 3.16. The maximum absolute atomic E-state index is 12.6. The van der Waals surface area contributed by atoms with Crippen LogP contribution in [0.4, 0.5) is 5.69 Å². The van der Waals surface area contributed by atoms with Crippen LogP contribution in [0.2, 0.25) is 0 Å². The first-order valence-corrected chi connectivity index (χ1v) is 10.3. The highest BCUT2D eigenvalue weighted by atomic mass is 32.1. The Bertz CT molecular complexity index is 1140. The van der Waals surface area contributed by atoms with E-state index in [1.807, 2.05) is 47.8 Å². The van der Waals surface area contributed by atoms with Crippen molar-refractivity contribution in [3.63, 3.8) is 0 Å². The summed E-state index contributed by atoms with van der Waals surface area (Å²) in [5.74, 6) is -0.488. The summed E-state index contributed by atoms with van der Waals surface area (Å²) >= 11 is 1.59. The van der Waals surface area contributed by atoms with Crippen LogP contribution in [0.15, 0.2) is 66.3 Å². The molecule has 0 saturated heterocycles. The largest absolute Gasteiger partial charge is 0.367 e. The zero-order chi connectivity index (χ0) is 20.8. The predicted molar refractivity (Wildman–Crippen MR) is 116 cm³/mol. The lowest BCUT2D eigenvalue weighted by atomic mass is 10.2. The fraction of sp³-hybridized carbons (Fsp3) is 0.136. The highest BCUT2D eigenvalue weighted by Crippen LogP contribution is 2.20. The quantitative estimate of drug-likeness (QED) is 0.405. The Labute approximate surface area is 177 Å². The van der Waals surface area contributed by atoms with Gasteiger partial charge in [0.2, 0.25) is 5.91 Å². The van der Waals surface area contributed by atoms with Crippen LogP contribution in [0.1, 0.15) is 20.8 Å². The second-order valence-corrected chi connectivity index (χ2v) is 7.64. The number of nitrogens with zero attached hydrogens (tertiary/aromatic N) is 1. The number of pyridine rings is 1. The van der Waals surface area contributed by atoms with Crippen LogP contribution in [0.25, 0.3) is 11.0 Å². The first-order chi connectivity index (χ1) is 14.7. The molecule has 0 bridgehead atoms. The molecule has 0 aliphatic heterocycles. The zero-order valence-electron chi connectivity index (χ0n) is 16.1. The Kier molecular flexibility index (Phi) is 6.17. The Morgan fingerprint density at radius 3 is 2.80 bits per heavy atom. The molecule has 3 aromatic heterocycles. The number of hydrogen-bond donors (Lipinski definition) is 3. The maximum Gasteiger partial charge on any atom is 0.253 e. The SMILES string of the molecule is O=C(COCc1ccccc1)Nc1cnc2[nH]cc(C(=O)NCc3cccs3)c2c1. The van der Waals surface area contributed by atoms with Crippen molar-refractivity contribution in [2.75, 3.05) is 11.9 Å². The fourth-order valence-corrected chi connectivity index (χ4v) is 3.61. The van der Waals surface area contributed by atoms with E-state index >= 15 is 0 Å². The number of benzene rings is 1. The van der Waals surface area contributed by atoms with Gasteiger partial charge in [-0.2, -0.15) is 0 Å². The molecule has 0 aliphatic rings. The summed E-state index contributed by atoms with van der Waals surface area (Å²) < 4.78 is 5.45. The number of carbonyl (C=O) groups is 2. The standard InChI is InChI=1S/C22H20N4O3S/c27-20(14-29-13-15-5-2-1-3-6-15)26-16-9-18-19(12-24-21(18)23-10-16)22(28)25-11-17-7-4-8-30-17/h1-10,12H,11,13-14H2,(H,23,24)(H,25,28)(H,26,27). The molecule has 4 aromatic rings. The van der Waals surface area contributed by atoms with Crippen LogP contribution in [0, 0.1) is 0 Å². The van der Waals surface area contributed by atoms with Crippen LogP contribution in [-0.4, -0.2) is 28.4 Å². The van der Waals surface area contributed by atoms with Crippen LogP contribution in [0.5, 0.6) is 0 Å². The fourth-order valence-electron chi connectivity index (χ4n) is 2.97. The van der Waals surface area contributed by atoms with E-state index in [1.165, 1.54) is 0 Å². The summed E-state index contributed by atoms with van der Waals surface area (Å²) in [6.45, 7) is 0.748. The van der Waals surface area contributed by atoms with E-state index in [0.29, 0.717) is 35.4 Å². The summed E-state index contributed by atoms with van der Waals surface area (Å²) in [7, 11) is 0. The third-order valence-electron chi connectivity index (χ3n) is 4.41. The van der Waals surface area contributed by atoms with Gasteiger partial charge in [0.1, 0.15) is 12.3 Å². The minimum absolute atomic E-state index is 0.0752. The summed E-state index contributed by atoms with van der Waals surface area (Å²) in [5, 5.41) is 8.27. The van der Waals surface area contributed by atoms with Crippen molar-refractivity contribution in [1.29, 1.82) is 0 Å². The molecular formula is C22H20N4O3S. The Morgan fingerprint density at radius 2 is 2.00 bits per heavy atom. The van der Waals surface area contributed by atoms with Crippen molar-refractivity contribution in [2.45, 2.75) is 13.2 Å². The van der Waals surface area contributed by atoms with Crippen molar-refractivity contribution < 1.29 is 14.3 Å². The topological polar surface area (TPSA) is 96.1 Å². The first kappa shape index (κ1) is 19.8. The molecule has 3 N–H and O–H groups in total. The molecule has 0 fully saturated rings. The second-order valence-electron chi connectivity index (χ2n) is 6.61. The number of fused-ring (bicyclic) bond motifs is 1. The Morgan fingerprint density at radius 1 is 1.13 bits per heavy atom. The lowest BCUT2D eigenvalue weighted by molar-refractivity contribution is -0.121. The number of carbonyl (C=O) groups excluding carboxylic acids is 2. The average molecular weight is 420 g/mol. The third-order valence-corrected chi connectivity index (χ3v) is 5.28. The molecule has 0 spiro atoms. The van der Waals surface area contributed by atoms with Crippen molar-refractivity contribution in [3.8, 4) is 0 Å². The van der Waals surface area contributed by atoms with Gasteiger partial charge in [0.25, 0.3) is 5.91 Å². The normalized spacial score (nSPS) is 10.8. The van der Waals surface area contributed by atoms with Gasteiger partial charge in [-0.25, -0.2) is 4.98 Å². The number of H-pyrrole nitrogens is 1. The first-order valence-electron chi connectivity index (χ1n) is 9.38. The molecule has 0 atom stereocenters. The van der Waals surface area contributed by atoms with Crippen molar-refractivity contribution in [3.05, 3.63) is 82.3 Å². The monoisotopic (exact) mass is 420 g/mol. The molecule has 0 unspecified atom stereocenters. The van der Waals surface area contributed by atoms with Gasteiger partial charge in [-0.3, -0.25) is 9.59 Å². The molecule has 0 aliphatic carbocycles. The number of rotatable bonds is 8. The Balaban J connectivity index is 1.37. The van der Waals surface area contributed by atoms with E-state index < -0.39 is 0 Å². The lowest BCUT2D eigenvalue weighted by Crippen LogP contribution is -2.22. The van der Waals surface area contributed by atoms with Crippen LogP contribution in [0.3, 0.4) is 0 Å². The average Bonchev–Trinajstić information content (AvgIpc) is 3.42. The highest BCUT2D eigenvalue weighted by Gasteiger charge is 2.14. The number of aromatic nitrogens is 2. The van der Waals surface area contributed by atoms with E-state index in [9.17, 15) is 9.59 Å². The van der Waals surface area contributed by atoms with Gasteiger partial charge < -0.3 is 20.4 Å². The van der Waals surface area contributed by atoms with E-state index in [2.05, 4.69) is 20.6 Å². The molecule has 7 nitrogen and oxygen atoms in total. The van der Waals surface area contributed by atoms with Crippen LogP contribution < -0.4 is 10.6 Å². The third kappa shape index (κ3) is 4.91. The van der Waals surface area contributed by atoms with E-state index in [-0.39, 0.29) is 18.4 Å². The predicted octanol–water partition coefficient (Wildman–Crippen LogP) is 3.71. The van der Waals surface area contributed by atoms with E-state index in [1.54, 1.807) is 29.8 Å². The van der Waals surface area contributed by atoms with Crippen LogP contribution in [-0.2, 0) is 22.7 Å². The van der Waals surface area contributed by atoms with Gasteiger partial charge >= 0.3 is 0 Å². The molecule has 8 heteroatoms. The second kappa shape index (κ2) is 9.34. The van der Waals surface area contributed by atoms with Gasteiger partial charge in [-0.1, -0.05) is 36.4 Å². The Hall–Kier alpha value is -3.49. The number of thiophene rings is 1. The molecule has 152 valence electrons. The van der Waals surface area contributed by atoms with Gasteiger partial charge in [-0.15, -0.1) is 11.3 Å². The number of anilines is 1. The van der Waals surface area contributed by atoms with E-state index in [4.69, 9.17) is 4.74 Å². The van der Waals surface area contributed by atoms with Gasteiger partial charge in [-0.05, 0) is 23.1 Å². The lowest BCUT2D eigenvalue weighted by Gasteiger charge is -2.07. The maximum atomic E-state index is 12.6. The molecular weight excluding hydrogens is 400 g/mol. The molecule has 3 heterocycles. The smallest absolute Gasteiger partial charge is 0.253 e. The minimum Gasteiger partial charge on any atom is -0.367 e. The number of hydrogen-bond acceptors (Lipinski definition) is 5. The molecule has 0 radical (unpaired) electrons. The van der Waals surface area contributed by atoms with Crippen LogP contribution >= 0.6 is 11.3 Å². The summed E-state index contributed by atoms with van der Waals surface area (Å²) in [6, 6.07) is 15.3. The summed E-state index contributed by atoms with van der Waals surface area (Å²) in [4.78, 5) is 33.1. The van der Waals surface area contributed by atoms with Crippen molar-refractivity contribution in [1.82, 2.24) is 15.3 Å². The molecule has 2 amide bonds. The molecule has 0 saturated carbocycles. The number of nitrogens with one attached hydrogen (secondary N) is 3.